The summed E-state index contributed by atoms with van der Waals surface area (Å²) in [7, 11) is 0. The van der Waals surface area contributed by atoms with Gasteiger partial charge >= 0.3 is 0 Å². The normalized spacial score (nSPS) is 12.3. The molecule has 0 fully saturated rings. The summed E-state index contributed by atoms with van der Waals surface area (Å²) in [5.41, 5.74) is 2.76. The van der Waals surface area contributed by atoms with Crippen LogP contribution in [0.4, 0.5) is 0 Å². The van der Waals surface area contributed by atoms with Gasteiger partial charge in [0, 0.05) is 0 Å². The molecular weight excluding hydrogens is 338 g/mol. The van der Waals surface area contributed by atoms with Crippen molar-refractivity contribution in [1.82, 2.24) is 14.9 Å². The molecule has 0 saturated heterocycles. The predicted octanol–water partition coefficient (Wildman–Crippen LogP) is 3.47. The van der Waals surface area contributed by atoms with Crippen molar-refractivity contribution >= 4 is 16.8 Å². The van der Waals surface area contributed by atoms with Crippen molar-refractivity contribution in [3.8, 4) is 0 Å². The zero-order chi connectivity index (χ0) is 19.4. The van der Waals surface area contributed by atoms with E-state index >= 15 is 0 Å². The van der Waals surface area contributed by atoms with Gasteiger partial charge in [-0.25, -0.2) is 4.98 Å². The number of carbonyl (C=O) groups excluding carboxylic acids is 1. The molecular formula is C22H25N3O2. The second kappa shape index (κ2) is 8.16. The van der Waals surface area contributed by atoms with Crippen LogP contribution in [0.3, 0.4) is 0 Å². The molecule has 1 atom stereocenters. The lowest BCUT2D eigenvalue weighted by molar-refractivity contribution is -0.122. The molecule has 2 aromatic carbocycles. The van der Waals surface area contributed by atoms with E-state index in [0.29, 0.717) is 10.9 Å². The Balaban J connectivity index is 1.78. The summed E-state index contributed by atoms with van der Waals surface area (Å²) in [4.78, 5) is 29.5. The summed E-state index contributed by atoms with van der Waals surface area (Å²) < 4.78 is 1.36. The van der Waals surface area contributed by atoms with Crippen molar-refractivity contribution < 1.29 is 4.79 Å². The first kappa shape index (κ1) is 18.8. The molecule has 1 amide bonds. The van der Waals surface area contributed by atoms with Crippen LogP contribution in [-0.2, 0) is 17.8 Å². The third kappa shape index (κ3) is 4.25. The van der Waals surface area contributed by atoms with Crippen LogP contribution in [-0.4, -0.2) is 15.5 Å². The molecule has 0 spiro atoms. The SMILES string of the molecule is CCc1ccc([C@@H](NC(=O)Cn2cnc3ccccc3c2=O)C(C)C)cc1. The topological polar surface area (TPSA) is 64.0 Å². The number of amides is 1. The van der Waals surface area contributed by atoms with Gasteiger partial charge in [0.15, 0.2) is 0 Å². The second-order valence-corrected chi connectivity index (χ2v) is 7.08. The summed E-state index contributed by atoms with van der Waals surface area (Å²) in [5.74, 6) is 0.0281. The van der Waals surface area contributed by atoms with Gasteiger partial charge in [0.1, 0.15) is 6.54 Å². The maximum absolute atomic E-state index is 12.6. The summed E-state index contributed by atoms with van der Waals surface area (Å²) in [5, 5.41) is 3.58. The first-order valence-electron chi connectivity index (χ1n) is 9.32. The fourth-order valence-electron chi connectivity index (χ4n) is 3.19. The van der Waals surface area contributed by atoms with E-state index in [2.05, 4.69) is 55.3 Å². The number of nitrogens with one attached hydrogen (secondary N) is 1. The van der Waals surface area contributed by atoms with E-state index in [1.165, 1.54) is 16.5 Å². The molecule has 0 saturated carbocycles. The van der Waals surface area contributed by atoms with Crippen molar-refractivity contribution in [1.29, 1.82) is 0 Å². The number of para-hydroxylation sites is 1. The monoisotopic (exact) mass is 363 g/mol. The summed E-state index contributed by atoms with van der Waals surface area (Å²) in [6.45, 7) is 6.21. The van der Waals surface area contributed by atoms with E-state index in [4.69, 9.17) is 0 Å². The molecule has 5 heteroatoms. The van der Waals surface area contributed by atoms with Crippen LogP contribution in [0.15, 0.2) is 59.7 Å². The van der Waals surface area contributed by atoms with Gasteiger partial charge in [-0.05, 0) is 35.6 Å². The highest BCUT2D eigenvalue weighted by molar-refractivity contribution is 5.79. The summed E-state index contributed by atoms with van der Waals surface area (Å²) in [6, 6.07) is 15.4. The minimum atomic E-state index is -0.204. The van der Waals surface area contributed by atoms with E-state index in [0.717, 1.165) is 12.0 Å². The number of fused-ring (bicyclic) bond motifs is 1. The lowest BCUT2D eigenvalue weighted by Crippen LogP contribution is -2.36. The number of hydrogen-bond acceptors (Lipinski definition) is 3. The quantitative estimate of drug-likeness (QED) is 0.729. The lowest BCUT2D eigenvalue weighted by atomic mass is 9.95. The maximum Gasteiger partial charge on any atom is 0.261 e. The van der Waals surface area contributed by atoms with Gasteiger partial charge in [-0.1, -0.05) is 57.2 Å². The molecule has 0 aliphatic rings. The third-order valence-corrected chi connectivity index (χ3v) is 4.78. The minimum Gasteiger partial charge on any atom is -0.347 e. The number of hydrogen-bond donors (Lipinski definition) is 1. The first-order valence-corrected chi connectivity index (χ1v) is 9.32. The van der Waals surface area contributed by atoms with Crippen molar-refractivity contribution in [2.75, 3.05) is 0 Å². The van der Waals surface area contributed by atoms with Gasteiger partial charge in [0.25, 0.3) is 5.56 Å². The average Bonchev–Trinajstić information content (AvgIpc) is 2.68. The Morgan fingerprint density at radius 3 is 2.48 bits per heavy atom. The minimum absolute atomic E-state index is 0.0487. The van der Waals surface area contributed by atoms with Gasteiger partial charge in [-0.3, -0.25) is 14.2 Å². The molecule has 1 aromatic heterocycles. The van der Waals surface area contributed by atoms with Crippen molar-refractivity contribution in [2.45, 2.75) is 39.8 Å². The molecule has 0 bridgehead atoms. The molecule has 0 aliphatic carbocycles. The molecule has 0 radical (unpaired) electrons. The highest BCUT2D eigenvalue weighted by Gasteiger charge is 2.19. The number of nitrogens with zero attached hydrogens (tertiary/aromatic N) is 2. The zero-order valence-electron chi connectivity index (χ0n) is 16.0. The standard InChI is InChI=1S/C22H25N3O2/c1-4-16-9-11-17(12-10-16)21(15(2)3)24-20(26)13-25-14-23-19-8-6-5-7-18(19)22(25)27/h5-12,14-15,21H,4,13H2,1-3H3,(H,24,26)/t21-/m0/s1. The fraction of sp³-hybridized carbons (Fsp3) is 0.318. The second-order valence-electron chi connectivity index (χ2n) is 7.08. The van der Waals surface area contributed by atoms with Crippen LogP contribution in [0.25, 0.3) is 10.9 Å². The highest BCUT2D eigenvalue weighted by atomic mass is 16.2. The Morgan fingerprint density at radius 1 is 1.11 bits per heavy atom. The van der Waals surface area contributed by atoms with E-state index < -0.39 is 0 Å². The molecule has 27 heavy (non-hydrogen) atoms. The number of aryl methyl sites for hydroxylation is 1. The smallest absolute Gasteiger partial charge is 0.261 e. The number of carbonyl (C=O) groups is 1. The van der Waals surface area contributed by atoms with Gasteiger partial charge < -0.3 is 5.32 Å². The van der Waals surface area contributed by atoms with E-state index in [-0.39, 0.29) is 30.0 Å². The predicted molar refractivity (Wildman–Crippen MR) is 108 cm³/mol. The molecule has 3 rings (SSSR count). The van der Waals surface area contributed by atoms with Crippen LogP contribution in [0, 0.1) is 5.92 Å². The fourth-order valence-corrected chi connectivity index (χ4v) is 3.19. The van der Waals surface area contributed by atoms with Crippen LogP contribution in [0.2, 0.25) is 0 Å². The number of rotatable bonds is 6. The average molecular weight is 363 g/mol. The van der Waals surface area contributed by atoms with Crippen molar-refractivity contribution in [3.05, 3.63) is 76.3 Å². The Bertz CT molecular complexity index is 990. The Morgan fingerprint density at radius 2 is 1.81 bits per heavy atom. The van der Waals surface area contributed by atoms with Crippen LogP contribution < -0.4 is 10.9 Å². The molecule has 5 nitrogen and oxygen atoms in total. The number of aromatic nitrogens is 2. The largest absolute Gasteiger partial charge is 0.347 e. The molecule has 1 N–H and O–H groups in total. The first-order chi connectivity index (χ1) is 13.0. The molecule has 0 unspecified atom stereocenters. The highest BCUT2D eigenvalue weighted by Crippen LogP contribution is 2.22. The Hall–Kier alpha value is -2.95. The van der Waals surface area contributed by atoms with E-state index in [1.807, 2.05) is 6.07 Å². The van der Waals surface area contributed by atoms with Crippen LogP contribution in [0.5, 0.6) is 0 Å². The number of benzene rings is 2. The molecule has 0 aliphatic heterocycles. The lowest BCUT2D eigenvalue weighted by Gasteiger charge is -2.23. The van der Waals surface area contributed by atoms with E-state index in [1.54, 1.807) is 18.2 Å². The van der Waals surface area contributed by atoms with Gasteiger partial charge in [-0.15, -0.1) is 0 Å². The Labute approximate surface area is 159 Å². The molecule has 1 heterocycles. The van der Waals surface area contributed by atoms with Crippen molar-refractivity contribution in [3.63, 3.8) is 0 Å². The van der Waals surface area contributed by atoms with E-state index in [9.17, 15) is 9.59 Å². The van der Waals surface area contributed by atoms with Crippen molar-refractivity contribution in [2.24, 2.45) is 5.92 Å². The van der Waals surface area contributed by atoms with Gasteiger partial charge in [-0.2, -0.15) is 0 Å². The Kier molecular flexibility index (Phi) is 5.69. The molecule has 140 valence electrons. The maximum atomic E-state index is 12.6. The van der Waals surface area contributed by atoms with Crippen LogP contribution in [0.1, 0.15) is 37.9 Å². The molecule has 3 aromatic rings. The summed E-state index contributed by atoms with van der Waals surface area (Å²) in [6.07, 6.45) is 2.42. The summed E-state index contributed by atoms with van der Waals surface area (Å²) >= 11 is 0. The van der Waals surface area contributed by atoms with Crippen LogP contribution >= 0.6 is 0 Å². The van der Waals surface area contributed by atoms with Gasteiger partial charge in [0.2, 0.25) is 5.91 Å². The third-order valence-electron chi connectivity index (χ3n) is 4.78. The van der Waals surface area contributed by atoms with Gasteiger partial charge in [0.05, 0.1) is 23.3 Å². The zero-order valence-corrected chi connectivity index (χ0v) is 16.0.